The quantitative estimate of drug-likeness (QED) is 0.853. The molecule has 1 N–H and O–H groups in total. The van der Waals surface area contributed by atoms with Gasteiger partial charge in [-0.05, 0) is 40.0 Å². The summed E-state index contributed by atoms with van der Waals surface area (Å²) in [5, 5.41) is 3.15. The summed E-state index contributed by atoms with van der Waals surface area (Å²) in [4.78, 5) is 11.5. The van der Waals surface area contributed by atoms with Gasteiger partial charge in [0, 0.05) is 25.2 Å². The minimum atomic E-state index is 0.585. The van der Waals surface area contributed by atoms with E-state index in [0.29, 0.717) is 6.04 Å². The maximum atomic E-state index is 4.63. The molecule has 1 unspecified atom stereocenters. The number of hydrogen-bond acceptors (Lipinski definition) is 4. The van der Waals surface area contributed by atoms with Gasteiger partial charge >= 0.3 is 0 Å². The summed E-state index contributed by atoms with van der Waals surface area (Å²) in [7, 11) is 1.91. The van der Waals surface area contributed by atoms with Crippen LogP contribution in [0.25, 0.3) is 0 Å². The van der Waals surface area contributed by atoms with Gasteiger partial charge in [-0.1, -0.05) is 0 Å². The van der Waals surface area contributed by atoms with Crippen LogP contribution < -0.4 is 10.2 Å². The summed E-state index contributed by atoms with van der Waals surface area (Å²) in [5.41, 5.74) is 1.16. The molecule has 1 fully saturated rings. The van der Waals surface area contributed by atoms with E-state index in [1.165, 1.54) is 19.3 Å². The van der Waals surface area contributed by atoms with Crippen LogP contribution in [0.15, 0.2) is 0 Å². The zero-order valence-corrected chi connectivity index (χ0v) is 11.2. The van der Waals surface area contributed by atoms with Crippen LogP contribution in [0.3, 0.4) is 0 Å². The Morgan fingerprint density at radius 3 is 2.65 bits per heavy atom. The summed E-state index contributed by atoms with van der Waals surface area (Å²) in [5.74, 6) is 2.90. The number of aryl methyl sites for hydroxylation is 1. The molecule has 0 spiro atoms. The number of piperidine rings is 1. The Labute approximate surface area is 103 Å². The average Bonchev–Trinajstić information content (AvgIpc) is 2.32. The topological polar surface area (TPSA) is 41.1 Å². The Balaban J connectivity index is 2.39. The normalized spacial score (nSPS) is 20.5. The van der Waals surface area contributed by atoms with Crippen molar-refractivity contribution in [3.63, 3.8) is 0 Å². The van der Waals surface area contributed by atoms with Gasteiger partial charge in [0.15, 0.2) is 0 Å². The van der Waals surface area contributed by atoms with E-state index in [2.05, 4.69) is 34.0 Å². The van der Waals surface area contributed by atoms with Crippen LogP contribution >= 0.6 is 0 Å². The third kappa shape index (κ3) is 2.35. The molecule has 1 aromatic rings. The molecule has 17 heavy (non-hydrogen) atoms. The Morgan fingerprint density at radius 1 is 1.24 bits per heavy atom. The van der Waals surface area contributed by atoms with Gasteiger partial charge in [0.05, 0.1) is 0 Å². The van der Waals surface area contributed by atoms with Gasteiger partial charge < -0.3 is 10.2 Å². The zero-order valence-electron chi connectivity index (χ0n) is 11.2. The van der Waals surface area contributed by atoms with Crippen molar-refractivity contribution in [2.45, 2.75) is 46.1 Å². The van der Waals surface area contributed by atoms with E-state index < -0.39 is 0 Å². The molecule has 0 aliphatic carbocycles. The van der Waals surface area contributed by atoms with Crippen molar-refractivity contribution in [1.29, 1.82) is 0 Å². The smallest absolute Gasteiger partial charge is 0.137 e. The van der Waals surface area contributed by atoms with Crippen LogP contribution in [0.1, 0.15) is 37.6 Å². The van der Waals surface area contributed by atoms with Crippen LogP contribution in [0.2, 0.25) is 0 Å². The van der Waals surface area contributed by atoms with Gasteiger partial charge in [-0.3, -0.25) is 0 Å². The highest BCUT2D eigenvalue weighted by atomic mass is 15.2. The molecule has 2 rings (SSSR count). The molecule has 2 heterocycles. The highest BCUT2D eigenvalue weighted by molar-refractivity contribution is 5.59. The summed E-state index contributed by atoms with van der Waals surface area (Å²) in [6.07, 6.45) is 3.86. The maximum absolute atomic E-state index is 4.63. The zero-order chi connectivity index (χ0) is 12.4. The van der Waals surface area contributed by atoms with E-state index in [0.717, 1.165) is 29.6 Å². The predicted molar refractivity (Wildman–Crippen MR) is 71.7 cm³/mol. The van der Waals surface area contributed by atoms with Crippen molar-refractivity contribution in [3.05, 3.63) is 11.4 Å². The fraction of sp³-hybridized carbons (Fsp3) is 0.692. The second-order valence-corrected chi connectivity index (χ2v) is 4.86. The van der Waals surface area contributed by atoms with Crippen molar-refractivity contribution < 1.29 is 0 Å². The van der Waals surface area contributed by atoms with Gasteiger partial charge in [0.25, 0.3) is 0 Å². The molecule has 1 saturated heterocycles. The van der Waals surface area contributed by atoms with Crippen molar-refractivity contribution in [3.8, 4) is 0 Å². The fourth-order valence-corrected chi connectivity index (χ4v) is 2.55. The van der Waals surface area contributed by atoms with Crippen molar-refractivity contribution in [2.75, 3.05) is 23.8 Å². The Bertz CT molecular complexity index is 403. The van der Waals surface area contributed by atoms with Crippen molar-refractivity contribution >= 4 is 11.6 Å². The molecular weight excluding hydrogens is 212 g/mol. The highest BCUT2D eigenvalue weighted by Gasteiger charge is 2.22. The van der Waals surface area contributed by atoms with Gasteiger partial charge in [-0.25, -0.2) is 9.97 Å². The molecule has 94 valence electrons. The van der Waals surface area contributed by atoms with E-state index in [-0.39, 0.29) is 0 Å². The Kier molecular flexibility index (Phi) is 3.50. The van der Waals surface area contributed by atoms with Crippen LogP contribution in [0.5, 0.6) is 0 Å². The predicted octanol–water partition coefficient (Wildman–Crippen LogP) is 2.51. The molecule has 1 aliphatic rings. The number of anilines is 2. The van der Waals surface area contributed by atoms with Gasteiger partial charge in [0.1, 0.15) is 17.5 Å². The second kappa shape index (κ2) is 4.90. The third-order valence-electron chi connectivity index (χ3n) is 3.54. The average molecular weight is 234 g/mol. The van der Waals surface area contributed by atoms with Gasteiger partial charge in [-0.2, -0.15) is 0 Å². The number of nitrogens with zero attached hydrogens (tertiary/aromatic N) is 3. The summed E-state index contributed by atoms with van der Waals surface area (Å²) < 4.78 is 0. The molecule has 0 radical (unpaired) electrons. The van der Waals surface area contributed by atoms with Crippen LogP contribution in [-0.4, -0.2) is 29.6 Å². The first-order chi connectivity index (χ1) is 8.13. The molecule has 1 aromatic heterocycles. The summed E-state index contributed by atoms with van der Waals surface area (Å²) >= 11 is 0. The molecule has 0 aromatic carbocycles. The number of aromatic nitrogens is 2. The van der Waals surface area contributed by atoms with Crippen LogP contribution in [-0.2, 0) is 0 Å². The lowest BCUT2D eigenvalue weighted by atomic mass is 10.0. The molecule has 0 amide bonds. The van der Waals surface area contributed by atoms with E-state index in [1.807, 2.05) is 14.0 Å². The minimum Gasteiger partial charge on any atom is -0.373 e. The fourth-order valence-electron chi connectivity index (χ4n) is 2.55. The highest BCUT2D eigenvalue weighted by Crippen LogP contribution is 2.28. The lowest BCUT2D eigenvalue weighted by Crippen LogP contribution is -2.38. The summed E-state index contributed by atoms with van der Waals surface area (Å²) in [6.45, 7) is 7.46. The van der Waals surface area contributed by atoms with E-state index in [9.17, 15) is 0 Å². The molecule has 1 atom stereocenters. The minimum absolute atomic E-state index is 0.585. The van der Waals surface area contributed by atoms with Crippen molar-refractivity contribution in [1.82, 2.24) is 9.97 Å². The molecule has 0 bridgehead atoms. The maximum Gasteiger partial charge on any atom is 0.137 e. The van der Waals surface area contributed by atoms with E-state index in [1.54, 1.807) is 0 Å². The molecule has 0 saturated carbocycles. The largest absolute Gasteiger partial charge is 0.373 e. The van der Waals surface area contributed by atoms with E-state index in [4.69, 9.17) is 0 Å². The van der Waals surface area contributed by atoms with Crippen molar-refractivity contribution in [2.24, 2.45) is 0 Å². The lowest BCUT2D eigenvalue weighted by Gasteiger charge is -2.35. The first-order valence-electron chi connectivity index (χ1n) is 6.43. The first-order valence-corrected chi connectivity index (χ1v) is 6.43. The number of nitrogens with one attached hydrogen (secondary N) is 1. The number of hydrogen-bond donors (Lipinski definition) is 1. The second-order valence-electron chi connectivity index (χ2n) is 4.86. The molecular formula is C13H22N4. The Morgan fingerprint density at radius 2 is 2.00 bits per heavy atom. The molecule has 4 nitrogen and oxygen atoms in total. The number of rotatable bonds is 2. The van der Waals surface area contributed by atoms with Gasteiger partial charge in [0.2, 0.25) is 0 Å². The molecule has 4 heteroatoms. The molecule has 1 aliphatic heterocycles. The lowest BCUT2D eigenvalue weighted by molar-refractivity contribution is 0.480. The van der Waals surface area contributed by atoms with E-state index >= 15 is 0 Å². The SMILES string of the molecule is CNc1nc(C)nc(N2CCCCC2C)c1C. The Hall–Kier alpha value is -1.32. The standard InChI is InChI=1S/C13H22N4/c1-9-7-5-6-8-17(9)13-10(2)12(14-4)15-11(3)16-13/h9H,5-8H2,1-4H3,(H,14,15,16). The first kappa shape index (κ1) is 12.1. The van der Waals surface area contributed by atoms with Crippen LogP contribution in [0, 0.1) is 13.8 Å². The van der Waals surface area contributed by atoms with Gasteiger partial charge in [-0.15, -0.1) is 0 Å². The summed E-state index contributed by atoms with van der Waals surface area (Å²) in [6, 6.07) is 0.585. The third-order valence-corrected chi connectivity index (χ3v) is 3.54. The monoisotopic (exact) mass is 234 g/mol. The van der Waals surface area contributed by atoms with Crippen LogP contribution in [0.4, 0.5) is 11.6 Å².